The van der Waals surface area contributed by atoms with Crippen molar-refractivity contribution in [3.63, 3.8) is 0 Å². The quantitative estimate of drug-likeness (QED) is 0.573. The number of ether oxygens (including phenoxy) is 2. The number of piperidine rings is 1. The molecule has 1 N–H and O–H groups in total. The van der Waals surface area contributed by atoms with E-state index in [1.54, 1.807) is 20.8 Å². The van der Waals surface area contributed by atoms with Crippen molar-refractivity contribution in [1.82, 2.24) is 9.03 Å². The van der Waals surface area contributed by atoms with Crippen molar-refractivity contribution in [2.24, 2.45) is 0 Å². The molecule has 0 aromatic heterocycles. The normalized spacial score (nSPS) is 18.0. The van der Waals surface area contributed by atoms with Crippen molar-refractivity contribution in [2.75, 3.05) is 33.0 Å². The third kappa shape index (κ3) is 6.87. The van der Waals surface area contributed by atoms with Crippen LogP contribution < -0.4 is 4.72 Å². The van der Waals surface area contributed by atoms with E-state index in [2.05, 4.69) is 4.72 Å². The minimum atomic E-state index is -4.03. The van der Waals surface area contributed by atoms with Gasteiger partial charge in [0, 0.05) is 31.8 Å². The summed E-state index contributed by atoms with van der Waals surface area (Å²) < 4.78 is 64.1. The molecule has 2 rings (SSSR count). The molecule has 0 radical (unpaired) electrons. The van der Waals surface area contributed by atoms with Crippen molar-refractivity contribution in [3.05, 3.63) is 28.8 Å². The molecule has 0 atom stereocenters. The van der Waals surface area contributed by atoms with Gasteiger partial charge in [-0.1, -0.05) is 11.6 Å². The molecule has 1 saturated heterocycles. The van der Waals surface area contributed by atoms with Gasteiger partial charge in [-0.15, -0.1) is 0 Å². The Hall–Kier alpha value is -1.24. The predicted molar refractivity (Wildman–Crippen MR) is 117 cm³/mol. The van der Waals surface area contributed by atoms with E-state index in [9.17, 15) is 21.6 Å². The highest BCUT2D eigenvalue weighted by Crippen LogP contribution is 2.31. The second kappa shape index (κ2) is 9.32. The van der Waals surface area contributed by atoms with E-state index in [4.69, 9.17) is 21.1 Å². The van der Waals surface area contributed by atoms with Gasteiger partial charge in [0.1, 0.15) is 5.60 Å². The predicted octanol–water partition coefficient (Wildman–Crippen LogP) is 2.01. The average Bonchev–Trinajstić information content (AvgIpc) is 2.64. The lowest BCUT2D eigenvalue weighted by Gasteiger charge is -2.40. The third-order valence-electron chi connectivity index (χ3n) is 4.90. The number of esters is 1. The molecular weight excluding hydrogens is 468 g/mol. The lowest BCUT2D eigenvalue weighted by atomic mass is 9.92. The van der Waals surface area contributed by atoms with Gasteiger partial charge in [0.05, 0.1) is 22.3 Å². The van der Waals surface area contributed by atoms with Crippen molar-refractivity contribution < 1.29 is 31.1 Å². The first-order chi connectivity index (χ1) is 14.1. The van der Waals surface area contributed by atoms with Crippen molar-refractivity contribution in [1.29, 1.82) is 0 Å². The van der Waals surface area contributed by atoms with Crippen LogP contribution in [0, 0.1) is 0 Å². The third-order valence-corrected chi connectivity index (χ3v) is 7.76. The van der Waals surface area contributed by atoms with E-state index >= 15 is 0 Å². The van der Waals surface area contributed by atoms with Crippen LogP contribution in [0.3, 0.4) is 0 Å². The smallest absolute Gasteiger partial charge is 0.340 e. The molecule has 1 fully saturated rings. The molecule has 9 nitrogen and oxygen atoms in total. The van der Waals surface area contributed by atoms with E-state index in [1.165, 1.54) is 29.6 Å². The Bertz CT molecular complexity index is 1030. The molecule has 1 aliphatic heterocycles. The maximum Gasteiger partial charge on any atom is 0.340 e. The number of nitrogens with zero attached hydrogens (tertiary/aromatic N) is 1. The molecule has 1 aromatic carbocycles. The second-order valence-corrected chi connectivity index (χ2v) is 12.7. The zero-order chi connectivity index (χ0) is 23.7. The number of carbonyl (C=O) groups excluding carboxylic acids is 1. The number of sulfonamides is 2. The molecule has 12 heteroatoms. The number of nitrogens with one attached hydrogen (secondary N) is 1. The van der Waals surface area contributed by atoms with E-state index in [0.717, 1.165) is 6.26 Å². The fourth-order valence-corrected chi connectivity index (χ4v) is 5.51. The van der Waals surface area contributed by atoms with Gasteiger partial charge in [-0.25, -0.2) is 26.4 Å². The number of rotatable bonds is 7. The first kappa shape index (κ1) is 26.0. The van der Waals surface area contributed by atoms with Crippen LogP contribution in [-0.4, -0.2) is 71.3 Å². The molecule has 1 aromatic rings. The van der Waals surface area contributed by atoms with Crippen molar-refractivity contribution in [3.8, 4) is 0 Å². The number of carbonyl (C=O) groups is 1. The van der Waals surface area contributed by atoms with Gasteiger partial charge in [0.2, 0.25) is 20.0 Å². The zero-order valence-electron chi connectivity index (χ0n) is 18.3. The first-order valence-corrected chi connectivity index (χ1v) is 13.3. The van der Waals surface area contributed by atoms with Crippen LogP contribution in [0.4, 0.5) is 0 Å². The van der Waals surface area contributed by atoms with Gasteiger partial charge in [-0.05, 0) is 51.8 Å². The van der Waals surface area contributed by atoms with Crippen molar-refractivity contribution in [2.45, 2.75) is 49.7 Å². The standard InChI is InChI=1S/C19H29ClN2O7S2/c1-18(2,3)29-17(23)15-12-14(20)6-7-16(15)31(26,27)22-10-8-19(28-4,9-11-22)13-21-30(5,24)25/h6-7,12,21H,8-11,13H2,1-5H3. The number of benzene rings is 1. The van der Waals surface area contributed by atoms with E-state index in [1.807, 2.05) is 0 Å². The molecule has 0 aliphatic carbocycles. The molecule has 0 unspecified atom stereocenters. The lowest BCUT2D eigenvalue weighted by molar-refractivity contribution is -0.0402. The zero-order valence-corrected chi connectivity index (χ0v) is 20.7. The maximum absolute atomic E-state index is 13.3. The minimum Gasteiger partial charge on any atom is -0.456 e. The Morgan fingerprint density at radius 3 is 2.26 bits per heavy atom. The molecule has 0 saturated carbocycles. The van der Waals surface area contributed by atoms with Gasteiger partial charge in [-0.2, -0.15) is 4.31 Å². The van der Waals surface area contributed by atoms with Gasteiger partial charge in [0.25, 0.3) is 0 Å². The van der Waals surface area contributed by atoms with Crippen LogP contribution in [0.25, 0.3) is 0 Å². The van der Waals surface area contributed by atoms with E-state index in [-0.39, 0.29) is 48.0 Å². The molecule has 1 aliphatic rings. The van der Waals surface area contributed by atoms with Crippen LogP contribution in [0.1, 0.15) is 44.0 Å². The molecule has 1 heterocycles. The van der Waals surface area contributed by atoms with Crippen LogP contribution in [-0.2, 0) is 29.5 Å². The highest BCUT2D eigenvalue weighted by atomic mass is 35.5. The Morgan fingerprint density at radius 1 is 1.19 bits per heavy atom. The SMILES string of the molecule is COC1(CNS(C)(=O)=O)CCN(S(=O)(=O)c2ccc(Cl)cc2C(=O)OC(C)(C)C)CC1. The van der Waals surface area contributed by atoms with Gasteiger partial charge in [0.15, 0.2) is 0 Å². The van der Waals surface area contributed by atoms with E-state index in [0.29, 0.717) is 0 Å². The summed E-state index contributed by atoms with van der Waals surface area (Å²) in [6.45, 7) is 5.28. The fourth-order valence-electron chi connectivity index (χ4n) is 3.21. The monoisotopic (exact) mass is 496 g/mol. The molecular formula is C19H29ClN2O7S2. The summed E-state index contributed by atoms with van der Waals surface area (Å²) in [5.41, 5.74) is -1.76. The molecule has 31 heavy (non-hydrogen) atoms. The average molecular weight is 497 g/mol. The number of hydrogen-bond donors (Lipinski definition) is 1. The molecule has 176 valence electrons. The summed E-state index contributed by atoms with van der Waals surface area (Å²) in [5, 5.41) is 0.212. The minimum absolute atomic E-state index is 0.0420. The molecule has 0 amide bonds. The topological polar surface area (TPSA) is 119 Å². The Labute approximate surface area is 189 Å². The van der Waals surface area contributed by atoms with Crippen LogP contribution in [0.2, 0.25) is 5.02 Å². The largest absolute Gasteiger partial charge is 0.456 e. The Balaban J connectivity index is 2.28. The van der Waals surface area contributed by atoms with E-state index < -0.39 is 37.2 Å². The first-order valence-electron chi connectivity index (χ1n) is 9.61. The Morgan fingerprint density at radius 2 is 1.77 bits per heavy atom. The van der Waals surface area contributed by atoms with Crippen LogP contribution >= 0.6 is 11.6 Å². The lowest BCUT2D eigenvalue weighted by Crippen LogP contribution is -2.53. The number of halogens is 1. The molecule has 0 spiro atoms. The summed E-state index contributed by atoms with van der Waals surface area (Å²) in [5.74, 6) is -0.783. The van der Waals surface area contributed by atoms with Gasteiger partial charge < -0.3 is 9.47 Å². The number of methoxy groups -OCH3 is 1. The second-order valence-electron chi connectivity index (χ2n) is 8.53. The van der Waals surface area contributed by atoms with Gasteiger partial charge >= 0.3 is 5.97 Å². The van der Waals surface area contributed by atoms with Gasteiger partial charge in [-0.3, -0.25) is 0 Å². The maximum atomic E-state index is 13.3. The van der Waals surface area contributed by atoms with Crippen LogP contribution in [0.15, 0.2) is 23.1 Å². The highest BCUT2D eigenvalue weighted by Gasteiger charge is 2.40. The summed E-state index contributed by atoms with van der Waals surface area (Å²) in [6, 6.07) is 3.98. The summed E-state index contributed by atoms with van der Waals surface area (Å²) in [7, 11) is -5.98. The van der Waals surface area contributed by atoms with Crippen LogP contribution in [0.5, 0.6) is 0 Å². The Kier molecular flexibility index (Phi) is 7.82. The summed E-state index contributed by atoms with van der Waals surface area (Å²) in [4.78, 5) is 12.5. The number of hydrogen-bond acceptors (Lipinski definition) is 7. The fraction of sp³-hybridized carbons (Fsp3) is 0.632. The summed E-state index contributed by atoms with van der Waals surface area (Å²) >= 11 is 6.01. The van der Waals surface area contributed by atoms with Crippen molar-refractivity contribution >= 4 is 37.6 Å². The summed E-state index contributed by atoms with van der Waals surface area (Å²) in [6.07, 6.45) is 1.61. The molecule has 0 bridgehead atoms. The highest BCUT2D eigenvalue weighted by molar-refractivity contribution is 7.89.